The SMILES string of the molecule is CC(C)(C)[C@@H](C(=O)N1CC(O)CC1C(=O)NC1(CO)CCc2cc(Br)ccc2C1)n1cc(C2CC2)nn1. The summed E-state index contributed by atoms with van der Waals surface area (Å²) in [7, 11) is 0. The van der Waals surface area contributed by atoms with E-state index in [-0.39, 0.29) is 31.4 Å². The number of aliphatic hydroxyl groups is 2. The van der Waals surface area contributed by atoms with Crippen molar-refractivity contribution in [1.29, 1.82) is 0 Å². The van der Waals surface area contributed by atoms with Gasteiger partial charge in [0.25, 0.3) is 0 Å². The van der Waals surface area contributed by atoms with Gasteiger partial charge in [-0.3, -0.25) is 9.59 Å². The molecule has 37 heavy (non-hydrogen) atoms. The Morgan fingerprint density at radius 2 is 2.03 bits per heavy atom. The number of rotatable bonds is 6. The topological polar surface area (TPSA) is 121 Å². The van der Waals surface area contributed by atoms with Gasteiger partial charge >= 0.3 is 0 Å². The minimum Gasteiger partial charge on any atom is -0.394 e. The van der Waals surface area contributed by atoms with Crippen LogP contribution < -0.4 is 5.32 Å². The highest BCUT2D eigenvalue weighted by atomic mass is 79.9. The molecule has 2 fully saturated rings. The molecule has 0 radical (unpaired) electrons. The van der Waals surface area contributed by atoms with Crippen LogP contribution in [0.2, 0.25) is 0 Å². The minimum atomic E-state index is -0.825. The second-order valence-electron chi connectivity index (χ2n) is 12.1. The predicted octanol–water partition coefficient (Wildman–Crippen LogP) is 2.50. The molecule has 0 spiro atoms. The van der Waals surface area contributed by atoms with E-state index in [1.807, 2.05) is 39.1 Å². The van der Waals surface area contributed by atoms with Crippen LogP contribution in [0.3, 0.4) is 0 Å². The van der Waals surface area contributed by atoms with Gasteiger partial charge in [-0.25, -0.2) is 4.68 Å². The van der Waals surface area contributed by atoms with Gasteiger partial charge in [0.1, 0.15) is 12.1 Å². The van der Waals surface area contributed by atoms with Crippen molar-refractivity contribution in [3.05, 3.63) is 45.7 Å². The molecule has 0 bridgehead atoms. The van der Waals surface area contributed by atoms with E-state index in [0.717, 1.165) is 35.0 Å². The van der Waals surface area contributed by atoms with Crippen LogP contribution in [0.25, 0.3) is 0 Å². The van der Waals surface area contributed by atoms with E-state index >= 15 is 0 Å². The van der Waals surface area contributed by atoms with E-state index in [9.17, 15) is 19.8 Å². The van der Waals surface area contributed by atoms with E-state index in [4.69, 9.17) is 0 Å². The molecular weight excluding hydrogens is 538 g/mol. The summed E-state index contributed by atoms with van der Waals surface area (Å²) in [6, 6.07) is 4.57. The normalized spacial score (nSPS) is 26.6. The first-order valence-electron chi connectivity index (χ1n) is 13.1. The van der Waals surface area contributed by atoms with Gasteiger partial charge in [-0.15, -0.1) is 5.10 Å². The van der Waals surface area contributed by atoms with Gasteiger partial charge in [-0.1, -0.05) is 48.0 Å². The van der Waals surface area contributed by atoms with Crippen LogP contribution in [0, 0.1) is 5.41 Å². The predicted molar refractivity (Wildman–Crippen MR) is 141 cm³/mol. The monoisotopic (exact) mass is 573 g/mol. The Morgan fingerprint density at radius 3 is 2.70 bits per heavy atom. The molecule has 4 atom stereocenters. The number of carbonyl (C=O) groups is 2. The largest absolute Gasteiger partial charge is 0.394 e. The number of carbonyl (C=O) groups excluding carboxylic acids is 2. The zero-order chi connectivity index (χ0) is 26.5. The molecule has 3 N–H and O–H groups in total. The number of hydrogen-bond acceptors (Lipinski definition) is 6. The van der Waals surface area contributed by atoms with E-state index in [2.05, 4.69) is 37.6 Å². The summed E-state index contributed by atoms with van der Waals surface area (Å²) < 4.78 is 2.63. The molecule has 2 amide bonds. The molecule has 2 aliphatic carbocycles. The lowest BCUT2D eigenvalue weighted by molar-refractivity contribution is -0.145. The molecule has 2 aromatic rings. The third-order valence-corrected chi connectivity index (χ3v) is 8.46. The fraction of sp³-hybridized carbons (Fsp3) is 0.630. The van der Waals surface area contributed by atoms with Crippen molar-refractivity contribution in [1.82, 2.24) is 25.2 Å². The second kappa shape index (κ2) is 9.78. The average molecular weight is 575 g/mol. The van der Waals surface area contributed by atoms with Gasteiger partial charge in [0, 0.05) is 29.6 Å². The molecule has 2 heterocycles. The molecule has 9 nitrogen and oxygen atoms in total. The molecule has 1 aliphatic heterocycles. The van der Waals surface area contributed by atoms with Crippen molar-refractivity contribution < 1.29 is 19.8 Å². The summed E-state index contributed by atoms with van der Waals surface area (Å²) in [5, 5.41) is 32.6. The van der Waals surface area contributed by atoms with Crippen LogP contribution in [0.1, 0.15) is 75.2 Å². The Bertz CT molecular complexity index is 1190. The van der Waals surface area contributed by atoms with E-state index in [1.54, 1.807) is 4.68 Å². The first-order chi connectivity index (χ1) is 17.5. The first kappa shape index (κ1) is 26.3. The fourth-order valence-corrected chi connectivity index (χ4v) is 6.19. The highest BCUT2D eigenvalue weighted by Crippen LogP contribution is 2.40. The van der Waals surface area contributed by atoms with Gasteiger partial charge in [-0.2, -0.15) is 0 Å². The molecule has 1 aromatic carbocycles. The minimum absolute atomic E-state index is 0.0800. The van der Waals surface area contributed by atoms with E-state index in [1.165, 1.54) is 10.5 Å². The maximum Gasteiger partial charge on any atom is 0.248 e. The van der Waals surface area contributed by atoms with Crippen molar-refractivity contribution in [3.63, 3.8) is 0 Å². The third kappa shape index (κ3) is 5.33. The maximum atomic E-state index is 14.0. The van der Waals surface area contributed by atoms with Gasteiger partial charge < -0.3 is 20.4 Å². The number of likely N-dealkylation sites (tertiary alicyclic amines) is 1. The van der Waals surface area contributed by atoms with Crippen LogP contribution in [0.15, 0.2) is 28.9 Å². The van der Waals surface area contributed by atoms with Crippen LogP contribution >= 0.6 is 15.9 Å². The van der Waals surface area contributed by atoms with Crippen LogP contribution in [-0.2, 0) is 22.4 Å². The second-order valence-corrected chi connectivity index (χ2v) is 13.0. The quantitative estimate of drug-likeness (QED) is 0.488. The summed E-state index contributed by atoms with van der Waals surface area (Å²) in [4.78, 5) is 29.1. The lowest BCUT2D eigenvalue weighted by atomic mass is 9.78. The lowest BCUT2D eigenvalue weighted by Crippen LogP contribution is -2.59. The highest BCUT2D eigenvalue weighted by molar-refractivity contribution is 9.10. The Hall–Kier alpha value is -2.30. The summed E-state index contributed by atoms with van der Waals surface area (Å²) in [6.45, 7) is 5.78. The molecule has 1 saturated heterocycles. The van der Waals surface area contributed by atoms with Crippen molar-refractivity contribution >= 4 is 27.7 Å². The zero-order valence-electron chi connectivity index (χ0n) is 21.7. The third-order valence-electron chi connectivity index (χ3n) is 7.97. The Morgan fingerprint density at radius 1 is 1.27 bits per heavy atom. The maximum absolute atomic E-state index is 14.0. The van der Waals surface area contributed by atoms with Gasteiger partial charge in [0.15, 0.2) is 0 Å². The van der Waals surface area contributed by atoms with Crippen LogP contribution in [0.5, 0.6) is 0 Å². The Labute approximate surface area is 225 Å². The van der Waals surface area contributed by atoms with Crippen molar-refractivity contribution in [2.24, 2.45) is 5.41 Å². The summed E-state index contributed by atoms with van der Waals surface area (Å²) in [5.41, 5.74) is 1.89. The summed E-state index contributed by atoms with van der Waals surface area (Å²) in [6.07, 6.45) is 5.21. The van der Waals surface area contributed by atoms with Crippen molar-refractivity contribution in [3.8, 4) is 0 Å². The number of fused-ring (bicyclic) bond motifs is 1. The number of benzene rings is 1. The number of aromatic nitrogens is 3. The van der Waals surface area contributed by atoms with Crippen molar-refractivity contribution in [2.45, 2.75) is 88.9 Å². The molecule has 1 aromatic heterocycles. The van der Waals surface area contributed by atoms with Gasteiger partial charge in [0.05, 0.1) is 23.9 Å². The van der Waals surface area contributed by atoms with Crippen LogP contribution in [-0.4, -0.2) is 72.8 Å². The number of aliphatic hydroxyl groups excluding tert-OH is 2. The lowest BCUT2D eigenvalue weighted by Gasteiger charge is -2.40. The number of amides is 2. The number of hydrogen-bond donors (Lipinski definition) is 3. The molecule has 3 aliphatic rings. The van der Waals surface area contributed by atoms with Gasteiger partial charge in [-0.05, 0) is 60.8 Å². The first-order valence-corrected chi connectivity index (χ1v) is 13.9. The van der Waals surface area contributed by atoms with Crippen LogP contribution in [0.4, 0.5) is 0 Å². The highest BCUT2D eigenvalue weighted by Gasteiger charge is 2.47. The fourth-order valence-electron chi connectivity index (χ4n) is 5.78. The number of β-amino-alcohol motifs (C(OH)–C–C–N with tert-alkyl or cyclic N) is 1. The smallest absolute Gasteiger partial charge is 0.248 e. The number of nitrogens with one attached hydrogen (secondary N) is 1. The van der Waals surface area contributed by atoms with Gasteiger partial charge in [0.2, 0.25) is 11.8 Å². The number of aryl methyl sites for hydroxylation is 1. The summed E-state index contributed by atoms with van der Waals surface area (Å²) >= 11 is 3.51. The zero-order valence-corrected chi connectivity index (χ0v) is 23.2. The number of nitrogens with zero attached hydrogens (tertiary/aromatic N) is 4. The van der Waals surface area contributed by atoms with E-state index < -0.39 is 29.1 Å². The molecule has 5 rings (SSSR count). The molecule has 10 heteroatoms. The summed E-state index contributed by atoms with van der Waals surface area (Å²) in [5.74, 6) is -0.189. The Kier molecular flexibility index (Phi) is 6.96. The Balaban J connectivity index is 1.37. The van der Waals surface area contributed by atoms with E-state index in [0.29, 0.717) is 18.8 Å². The molecule has 3 unspecified atom stereocenters. The molecule has 1 saturated carbocycles. The molecular formula is C27H36BrN5O4. The molecule has 200 valence electrons. The van der Waals surface area contributed by atoms with Crippen molar-refractivity contribution in [2.75, 3.05) is 13.2 Å². The number of halogens is 1. The average Bonchev–Trinajstić information content (AvgIpc) is 3.45. The standard InChI is InChI=1S/C27H36BrN5O4/c1-26(2,3)23(33-14-21(30-31-33)16-4-5-16)25(37)32-13-20(35)11-22(32)24(36)29-27(15-34)9-8-17-10-19(28)7-6-18(17)12-27/h6-7,10,14,16,20,22-23,34-35H,4-5,8-9,11-13,15H2,1-3H3,(H,29,36)/t20?,22?,23-,27?/m1/s1.